The van der Waals surface area contributed by atoms with Crippen molar-refractivity contribution in [3.63, 3.8) is 0 Å². The molecule has 0 aliphatic rings. The molecule has 0 N–H and O–H groups in total. The number of pyridine rings is 2. The summed E-state index contributed by atoms with van der Waals surface area (Å²) in [5, 5.41) is 3.36. The molecule has 6 heteroatoms. The fraction of sp³-hybridized carbons (Fsp3) is 0.275. The van der Waals surface area contributed by atoms with Crippen molar-refractivity contribution in [2.24, 2.45) is 5.41 Å². The van der Waals surface area contributed by atoms with Gasteiger partial charge in [-0.3, -0.25) is 0 Å². The Kier molecular flexibility index (Phi) is 9.65. The molecule has 0 saturated heterocycles. The second kappa shape index (κ2) is 13.2. The number of thiazole rings is 1. The van der Waals surface area contributed by atoms with Gasteiger partial charge >= 0.3 is 0 Å². The number of aryl methyl sites for hydroxylation is 2. The van der Waals surface area contributed by atoms with Crippen molar-refractivity contribution in [3.8, 4) is 22.5 Å². The molecule has 4 nitrogen and oxygen atoms in total. The summed E-state index contributed by atoms with van der Waals surface area (Å²) in [5.74, 6) is 0. The Morgan fingerprint density at radius 2 is 1.59 bits per heavy atom. The van der Waals surface area contributed by atoms with Crippen LogP contribution >= 0.6 is 11.3 Å². The Morgan fingerprint density at radius 3 is 2.26 bits per heavy atom. The van der Waals surface area contributed by atoms with E-state index in [1.54, 1.807) is 11.3 Å². The van der Waals surface area contributed by atoms with E-state index in [1.807, 2.05) is 55.7 Å². The zero-order valence-corrected chi connectivity index (χ0v) is 30.9. The third-order valence-electron chi connectivity index (χ3n) is 7.67. The van der Waals surface area contributed by atoms with Crippen LogP contribution in [0, 0.1) is 31.4 Å². The van der Waals surface area contributed by atoms with Crippen LogP contribution in [-0.4, -0.2) is 15.0 Å². The van der Waals surface area contributed by atoms with Gasteiger partial charge in [-0.1, -0.05) is 76.3 Å². The van der Waals surface area contributed by atoms with Gasteiger partial charge in [0.1, 0.15) is 5.58 Å². The van der Waals surface area contributed by atoms with Gasteiger partial charge in [0.25, 0.3) is 0 Å². The second-order valence-corrected chi connectivity index (χ2v) is 15.0. The fourth-order valence-corrected chi connectivity index (χ4v) is 6.36. The Bertz CT molecular complexity index is 2120. The molecule has 0 unspecified atom stereocenters. The Labute approximate surface area is 289 Å². The quantitative estimate of drug-likeness (QED) is 0.167. The molecule has 3 aromatic carbocycles. The molecule has 0 bridgehead atoms. The maximum atomic E-state index is 6.41. The monoisotopic (exact) mass is 802 g/mol. The van der Waals surface area contributed by atoms with Crippen molar-refractivity contribution in [3.05, 3.63) is 113 Å². The third kappa shape index (κ3) is 7.31. The number of hydrogen-bond acceptors (Lipinski definition) is 5. The zero-order chi connectivity index (χ0) is 31.9. The first-order valence-electron chi connectivity index (χ1n) is 15.4. The molecule has 4 heterocycles. The average molecular weight is 802 g/mol. The maximum Gasteiger partial charge on any atom is 0.123 e. The minimum atomic E-state index is 0. The van der Waals surface area contributed by atoms with Crippen LogP contribution in [-0.2, 0) is 31.9 Å². The van der Waals surface area contributed by atoms with Crippen LogP contribution in [0.25, 0.3) is 54.7 Å². The van der Waals surface area contributed by atoms with Crippen LogP contribution in [0.1, 0.15) is 63.2 Å². The van der Waals surface area contributed by atoms with E-state index in [4.69, 9.17) is 14.4 Å². The van der Waals surface area contributed by atoms with Gasteiger partial charge in [0.2, 0.25) is 0 Å². The summed E-state index contributed by atoms with van der Waals surface area (Å²) in [4.78, 5) is 13.9. The van der Waals surface area contributed by atoms with Crippen LogP contribution in [0.2, 0.25) is 0 Å². The van der Waals surface area contributed by atoms with E-state index in [9.17, 15) is 0 Å². The van der Waals surface area contributed by atoms with Gasteiger partial charge in [0.15, 0.2) is 0 Å². The van der Waals surface area contributed by atoms with Crippen molar-refractivity contribution >= 4 is 43.5 Å². The first-order chi connectivity index (χ1) is 21.4. The fourth-order valence-electron chi connectivity index (χ4n) is 5.32. The topological polar surface area (TPSA) is 51.8 Å². The molecule has 4 aromatic heterocycles. The van der Waals surface area contributed by atoms with Crippen molar-refractivity contribution in [1.29, 1.82) is 0 Å². The van der Waals surface area contributed by atoms with Gasteiger partial charge in [-0.15, -0.1) is 65.4 Å². The molecule has 0 aliphatic carbocycles. The van der Waals surface area contributed by atoms with E-state index < -0.39 is 0 Å². The van der Waals surface area contributed by atoms with Crippen LogP contribution < -0.4 is 0 Å². The largest absolute Gasteiger partial charge is 0.501 e. The molecule has 7 rings (SSSR count). The Balaban J connectivity index is 0.000000250. The number of hydrogen-bond donors (Lipinski definition) is 0. The number of benzene rings is 3. The van der Waals surface area contributed by atoms with Crippen LogP contribution in [0.4, 0.5) is 0 Å². The molecule has 1 radical (unpaired) electrons. The van der Waals surface area contributed by atoms with Gasteiger partial charge < -0.3 is 14.4 Å². The first-order valence-corrected chi connectivity index (χ1v) is 16.2. The smallest absolute Gasteiger partial charge is 0.123 e. The maximum absolute atomic E-state index is 6.41. The van der Waals surface area contributed by atoms with E-state index in [-0.39, 0.29) is 30.9 Å². The van der Waals surface area contributed by atoms with Crippen LogP contribution in [0.3, 0.4) is 0 Å². The molecular weight excluding hydrogens is 763 g/mol. The summed E-state index contributed by atoms with van der Waals surface area (Å²) >= 11 is 1.77. The molecule has 0 amide bonds. The van der Waals surface area contributed by atoms with E-state index >= 15 is 0 Å². The Morgan fingerprint density at radius 1 is 0.804 bits per heavy atom. The molecule has 0 fully saturated rings. The summed E-state index contributed by atoms with van der Waals surface area (Å²) in [7, 11) is 0. The summed E-state index contributed by atoms with van der Waals surface area (Å²) < 4.78 is 7.60. The molecular formula is C40H39IrN3OS-2. The van der Waals surface area contributed by atoms with Gasteiger partial charge in [-0.2, -0.15) is 0 Å². The number of fused-ring (bicyclic) bond motifs is 4. The molecule has 0 atom stereocenters. The van der Waals surface area contributed by atoms with Crippen LogP contribution in [0.5, 0.6) is 0 Å². The summed E-state index contributed by atoms with van der Waals surface area (Å²) in [6, 6.07) is 29.0. The predicted molar refractivity (Wildman–Crippen MR) is 189 cm³/mol. The Hall–Kier alpha value is -3.70. The number of rotatable bonds is 3. The van der Waals surface area contributed by atoms with E-state index in [0.717, 1.165) is 61.4 Å². The van der Waals surface area contributed by atoms with E-state index in [1.165, 1.54) is 21.4 Å². The summed E-state index contributed by atoms with van der Waals surface area (Å²) in [6.45, 7) is 17.6. The average Bonchev–Trinajstić information content (AvgIpc) is 3.58. The van der Waals surface area contributed by atoms with Gasteiger partial charge in [-0.25, -0.2) is 4.98 Å². The van der Waals surface area contributed by atoms with Crippen LogP contribution in [0.15, 0.2) is 83.5 Å². The van der Waals surface area contributed by atoms with Gasteiger partial charge in [0.05, 0.1) is 20.8 Å². The number of furan rings is 1. The van der Waals surface area contributed by atoms with Crippen molar-refractivity contribution in [2.45, 2.75) is 67.2 Å². The summed E-state index contributed by atoms with van der Waals surface area (Å²) in [6.07, 6.45) is 4.85. The number of aromatic nitrogens is 3. The van der Waals surface area contributed by atoms with Gasteiger partial charge in [-0.05, 0) is 54.3 Å². The van der Waals surface area contributed by atoms with Crippen molar-refractivity contribution in [2.75, 3.05) is 0 Å². The third-order valence-corrected chi connectivity index (χ3v) is 9.11. The van der Waals surface area contributed by atoms with Gasteiger partial charge in [0, 0.05) is 49.4 Å². The molecule has 46 heavy (non-hydrogen) atoms. The first kappa shape index (κ1) is 33.7. The van der Waals surface area contributed by atoms with E-state index in [0.29, 0.717) is 0 Å². The predicted octanol–water partition coefficient (Wildman–Crippen LogP) is 11.1. The molecule has 237 valence electrons. The molecule has 7 aromatic rings. The zero-order valence-electron chi connectivity index (χ0n) is 27.7. The SMILES string of the molecule is Cc1ccc(-c2[c-]cccc2)nc1.Cc1cnc(-c2[c-]ccc3c2oc2cc4nc(C(C)(C)C)sc4cc23)cc1CC(C)(C)C.[Ir]. The molecule has 0 spiro atoms. The summed E-state index contributed by atoms with van der Waals surface area (Å²) in [5.41, 5.74) is 10.5. The number of nitrogens with zero attached hydrogens (tertiary/aromatic N) is 3. The molecule has 0 saturated carbocycles. The minimum absolute atomic E-state index is 0. The van der Waals surface area contributed by atoms with Crippen molar-refractivity contribution < 1.29 is 24.5 Å². The minimum Gasteiger partial charge on any atom is -0.501 e. The van der Waals surface area contributed by atoms with Crippen molar-refractivity contribution in [1.82, 2.24) is 15.0 Å². The standard InChI is InChI=1S/C28H29N2OS.C12H10N.Ir/c1-16-15-29-21(11-17(16)14-27(2,3)4)19-10-8-9-18-20-12-24-22(13-23(20)31-25(18)19)30-26(32-24)28(5,6)7;1-10-7-8-12(13-9-10)11-5-3-2-4-6-11;/h8-9,11-13,15H,14H2,1-7H3;2-5,7-9H,1H3;/q2*-1;. The second-order valence-electron chi connectivity index (χ2n) is 14.0. The van der Waals surface area contributed by atoms with E-state index in [2.05, 4.69) is 95.9 Å². The normalized spacial score (nSPS) is 11.8. The molecule has 0 aliphatic heterocycles.